The van der Waals surface area contributed by atoms with E-state index in [0.29, 0.717) is 17.7 Å². The fourth-order valence-corrected chi connectivity index (χ4v) is 3.42. The summed E-state index contributed by atoms with van der Waals surface area (Å²) in [7, 11) is 0. The standard InChI is InChI=1S/C22H18Br2O2/c1-2-16-13-26-14-21(22(25)17-6-10-19(24)11-7-17)20(16)12-5-15-3-8-18(23)9-4-15/h3-4,6-11,14,16,20H,2,13H2,1H3/t16-,20+/m0/s1. The van der Waals surface area contributed by atoms with Gasteiger partial charge in [-0.1, -0.05) is 50.6 Å². The zero-order chi connectivity index (χ0) is 18.5. The number of hydrogen-bond acceptors (Lipinski definition) is 2. The number of rotatable bonds is 3. The third-order valence-electron chi connectivity index (χ3n) is 4.44. The van der Waals surface area contributed by atoms with E-state index in [1.165, 1.54) is 0 Å². The van der Waals surface area contributed by atoms with Crippen molar-refractivity contribution in [3.05, 3.63) is 80.4 Å². The van der Waals surface area contributed by atoms with Gasteiger partial charge in [0.05, 0.1) is 18.8 Å². The van der Waals surface area contributed by atoms with Crippen LogP contribution in [0.4, 0.5) is 0 Å². The Hall–Kier alpha value is -1.83. The molecule has 0 unspecified atom stereocenters. The largest absolute Gasteiger partial charge is 0.500 e. The second-order valence-electron chi connectivity index (χ2n) is 6.16. The van der Waals surface area contributed by atoms with E-state index >= 15 is 0 Å². The SMILES string of the molecule is CC[C@H]1COC=C(C(=O)c2ccc(Br)cc2)[C@@H]1C#Cc1ccc(Br)cc1. The number of benzene rings is 2. The van der Waals surface area contributed by atoms with Crippen molar-refractivity contribution in [1.29, 1.82) is 0 Å². The summed E-state index contributed by atoms with van der Waals surface area (Å²) in [5.74, 6) is 6.60. The van der Waals surface area contributed by atoms with Gasteiger partial charge in [-0.3, -0.25) is 4.79 Å². The predicted molar refractivity (Wildman–Crippen MR) is 111 cm³/mol. The first kappa shape index (κ1) is 18.9. The van der Waals surface area contributed by atoms with Gasteiger partial charge in [0.1, 0.15) is 0 Å². The first-order valence-corrected chi connectivity index (χ1v) is 10.1. The molecular formula is C22H18Br2O2. The lowest BCUT2D eigenvalue weighted by atomic mass is 9.81. The number of hydrogen-bond donors (Lipinski definition) is 0. The molecule has 3 rings (SSSR count). The highest BCUT2D eigenvalue weighted by atomic mass is 79.9. The number of carbonyl (C=O) groups excluding carboxylic acids is 1. The molecule has 0 N–H and O–H groups in total. The maximum Gasteiger partial charge on any atom is 0.193 e. The molecule has 0 radical (unpaired) electrons. The molecule has 2 nitrogen and oxygen atoms in total. The summed E-state index contributed by atoms with van der Waals surface area (Å²) in [5.41, 5.74) is 2.22. The zero-order valence-corrected chi connectivity index (χ0v) is 17.5. The van der Waals surface area contributed by atoms with Gasteiger partial charge in [0.2, 0.25) is 0 Å². The maximum atomic E-state index is 13.0. The molecule has 0 aromatic heterocycles. The highest BCUT2D eigenvalue weighted by molar-refractivity contribution is 9.10. The summed E-state index contributed by atoms with van der Waals surface area (Å²) < 4.78 is 7.55. The smallest absolute Gasteiger partial charge is 0.193 e. The monoisotopic (exact) mass is 472 g/mol. The lowest BCUT2D eigenvalue weighted by molar-refractivity contribution is 0.0960. The summed E-state index contributed by atoms with van der Waals surface area (Å²) in [5, 5.41) is 0. The van der Waals surface area contributed by atoms with Gasteiger partial charge in [0, 0.05) is 31.6 Å². The second-order valence-corrected chi connectivity index (χ2v) is 8.00. The highest BCUT2D eigenvalue weighted by Gasteiger charge is 2.31. The predicted octanol–water partition coefficient (Wildman–Crippen LogP) is 6.00. The fourth-order valence-electron chi connectivity index (χ4n) is 2.89. The van der Waals surface area contributed by atoms with Crippen molar-refractivity contribution in [2.75, 3.05) is 6.61 Å². The van der Waals surface area contributed by atoms with Crippen LogP contribution in [0.5, 0.6) is 0 Å². The van der Waals surface area contributed by atoms with Gasteiger partial charge in [0.25, 0.3) is 0 Å². The Bertz CT molecular complexity index is 871. The van der Waals surface area contributed by atoms with Crippen LogP contribution in [0.25, 0.3) is 0 Å². The number of allylic oxidation sites excluding steroid dienone is 1. The topological polar surface area (TPSA) is 26.3 Å². The summed E-state index contributed by atoms with van der Waals surface area (Å²) >= 11 is 6.83. The third kappa shape index (κ3) is 4.47. The minimum Gasteiger partial charge on any atom is -0.500 e. The van der Waals surface area contributed by atoms with Crippen molar-refractivity contribution in [3.63, 3.8) is 0 Å². The van der Waals surface area contributed by atoms with Crippen LogP contribution >= 0.6 is 31.9 Å². The number of halogens is 2. The Morgan fingerprint density at radius 3 is 2.31 bits per heavy atom. The van der Waals surface area contributed by atoms with E-state index in [1.807, 2.05) is 48.5 Å². The van der Waals surface area contributed by atoms with Gasteiger partial charge in [-0.05, 0) is 55.0 Å². The Labute approximate surface area is 170 Å². The third-order valence-corrected chi connectivity index (χ3v) is 5.49. The van der Waals surface area contributed by atoms with Crippen LogP contribution in [-0.4, -0.2) is 12.4 Å². The molecule has 0 bridgehead atoms. The van der Waals surface area contributed by atoms with Gasteiger partial charge < -0.3 is 4.74 Å². The maximum absolute atomic E-state index is 13.0. The van der Waals surface area contributed by atoms with Crippen LogP contribution in [0.1, 0.15) is 29.3 Å². The molecule has 0 fully saturated rings. The Morgan fingerprint density at radius 1 is 1.08 bits per heavy atom. The van der Waals surface area contributed by atoms with E-state index in [0.717, 1.165) is 20.9 Å². The molecule has 4 heteroatoms. The van der Waals surface area contributed by atoms with Gasteiger partial charge in [-0.15, -0.1) is 0 Å². The second kappa shape index (κ2) is 8.70. The molecule has 0 saturated carbocycles. The lowest BCUT2D eigenvalue weighted by Crippen LogP contribution is -2.27. The van der Waals surface area contributed by atoms with Crippen LogP contribution in [0, 0.1) is 23.7 Å². The van der Waals surface area contributed by atoms with E-state index in [1.54, 1.807) is 6.26 Å². The van der Waals surface area contributed by atoms with E-state index in [9.17, 15) is 4.79 Å². The number of ketones is 1. The molecule has 0 spiro atoms. The molecule has 0 amide bonds. The van der Waals surface area contributed by atoms with Crippen LogP contribution in [0.3, 0.4) is 0 Å². The van der Waals surface area contributed by atoms with Crippen LogP contribution < -0.4 is 0 Å². The normalized spacial score (nSPS) is 19.0. The number of ether oxygens (including phenoxy) is 1. The highest BCUT2D eigenvalue weighted by Crippen LogP contribution is 2.31. The minimum atomic E-state index is -0.131. The molecule has 1 aliphatic heterocycles. The molecule has 2 atom stereocenters. The molecule has 132 valence electrons. The first-order valence-electron chi connectivity index (χ1n) is 8.47. The van der Waals surface area contributed by atoms with E-state index in [2.05, 4.69) is 50.6 Å². The molecule has 1 aliphatic rings. The number of carbonyl (C=O) groups is 1. The summed E-state index contributed by atoms with van der Waals surface area (Å²) in [6.07, 6.45) is 2.50. The van der Waals surface area contributed by atoms with Gasteiger partial charge >= 0.3 is 0 Å². The Morgan fingerprint density at radius 2 is 1.69 bits per heavy atom. The first-order chi connectivity index (χ1) is 12.6. The lowest BCUT2D eigenvalue weighted by Gasteiger charge is -2.27. The Balaban J connectivity index is 1.92. The average molecular weight is 474 g/mol. The molecule has 2 aromatic carbocycles. The summed E-state index contributed by atoms with van der Waals surface area (Å²) in [4.78, 5) is 13.0. The minimum absolute atomic E-state index is 0.0224. The average Bonchev–Trinajstić information content (AvgIpc) is 2.67. The molecular weight excluding hydrogens is 456 g/mol. The fraction of sp³-hybridized carbons (Fsp3) is 0.227. The molecule has 1 heterocycles. The van der Waals surface area contributed by atoms with Crippen LogP contribution in [0.2, 0.25) is 0 Å². The van der Waals surface area contributed by atoms with Crippen molar-refractivity contribution in [2.45, 2.75) is 13.3 Å². The van der Waals surface area contributed by atoms with E-state index in [4.69, 9.17) is 4.74 Å². The molecule has 26 heavy (non-hydrogen) atoms. The van der Waals surface area contributed by atoms with Crippen molar-refractivity contribution < 1.29 is 9.53 Å². The van der Waals surface area contributed by atoms with Gasteiger partial charge in [-0.25, -0.2) is 0 Å². The molecule has 2 aromatic rings. The summed E-state index contributed by atoms with van der Waals surface area (Å²) in [6.45, 7) is 2.70. The number of Topliss-reactive ketones (excluding diaryl/α,β-unsaturated/α-hetero) is 1. The molecule has 0 saturated heterocycles. The quantitative estimate of drug-likeness (QED) is 0.403. The van der Waals surface area contributed by atoms with E-state index in [-0.39, 0.29) is 17.6 Å². The molecule has 0 aliphatic carbocycles. The van der Waals surface area contributed by atoms with Crippen molar-refractivity contribution >= 4 is 37.6 Å². The zero-order valence-electron chi connectivity index (χ0n) is 14.3. The van der Waals surface area contributed by atoms with Gasteiger partial charge in [0.15, 0.2) is 5.78 Å². The van der Waals surface area contributed by atoms with Crippen molar-refractivity contribution in [3.8, 4) is 11.8 Å². The summed E-state index contributed by atoms with van der Waals surface area (Å²) in [6, 6.07) is 15.3. The van der Waals surface area contributed by atoms with E-state index < -0.39 is 0 Å². The van der Waals surface area contributed by atoms with Crippen molar-refractivity contribution in [2.24, 2.45) is 11.8 Å². The van der Waals surface area contributed by atoms with Crippen LogP contribution in [-0.2, 0) is 4.74 Å². The van der Waals surface area contributed by atoms with Crippen LogP contribution in [0.15, 0.2) is 69.3 Å². The van der Waals surface area contributed by atoms with Gasteiger partial charge in [-0.2, -0.15) is 0 Å². The van der Waals surface area contributed by atoms with Crippen molar-refractivity contribution in [1.82, 2.24) is 0 Å². The Kier molecular flexibility index (Phi) is 6.34.